The van der Waals surface area contributed by atoms with Crippen LogP contribution in [0.3, 0.4) is 0 Å². The first-order chi connectivity index (χ1) is 14.5. The van der Waals surface area contributed by atoms with E-state index in [0.29, 0.717) is 5.75 Å². The molecule has 0 saturated heterocycles. The van der Waals surface area contributed by atoms with Crippen LogP contribution in [0.1, 0.15) is 15.9 Å². The molecule has 0 radical (unpaired) electrons. The molecule has 152 valence electrons. The van der Waals surface area contributed by atoms with Crippen molar-refractivity contribution in [3.8, 4) is 11.5 Å². The van der Waals surface area contributed by atoms with Crippen molar-refractivity contribution in [2.75, 3.05) is 5.32 Å². The van der Waals surface area contributed by atoms with Gasteiger partial charge < -0.3 is 10.1 Å². The zero-order valence-corrected chi connectivity index (χ0v) is 15.4. The molecule has 0 aromatic heterocycles. The van der Waals surface area contributed by atoms with E-state index in [1.807, 2.05) is 0 Å². The second-order valence-corrected chi connectivity index (χ2v) is 6.05. The van der Waals surface area contributed by atoms with Gasteiger partial charge in [0.1, 0.15) is 23.1 Å². The van der Waals surface area contributed by atoms with Crippen LogP contribution in [0.5, 0.6) is 11.5 Å². The smallest absolute Gasteiger partial charge is 0.267 e. The number of rotatable bonds is 6. The largest absolute Gasteiger partial charge is 0.457 e. The lowest BCUT2D eigenvalue weighted by Crippen LogP contribution is -2.15. The highest BCUT2D eigenvalue weighted by atomic mass is 19.1. The Morgan fingerprint density at radius 2 is 1.63 bits per heavy atom. The number of hydroxylamine groups is 1. The van der Waals surface area contributed by atoms with Crippen molar-refractivity contribution in [3.05, 3.63) is 95.6 Å². The van der Waals surface area contributed by atoms with Crippen LogP contribution >= 0.6 is 0 Å². The molecule has 6 nitrogen and oxygen atoms in total. The number of ether oxygens (including phenoxy) is 1. The molecule has 0 aliphatic carbocycles. The third kappa shape index (κ3) is 5.27. The third-order valence-corrected chi connectivity index (χ3v) is 3.96. The van der Waals surface area contributed by atoms with Gasteiger partial charge in [-0.05, 0) is 60.7 Å². The molecule has 3 aromatic rings. The van der Waals surface area contributed by atoms with E-state index >= 15 is 0 Å². The van der Waals surface area contributed by atoms with E-state index in [1.54, 1.807) is 18.2 Å². The SMILES string of the molecule is O=C(C=Cc1cc(F)ccc1NC(=O)c1ccccc1Oc1ccc(F)cc1)NO. The van der Waals surface area contributed by atoms with E-state index < -0.39 is 23.4 Å². The Balaban J connectivity index is 1.86. The molecular formula is C22H16F2N2O4. The maximum atomic E-state index is 13.6. The molecular weight excluding hydrogens is 394 g/mol. The van der Waals surface area contributed by atoms with Crippen LogP contribution in [0.2, 0.25) is 0 Å². The van der Waals surface area contributed by atoms with Gasteiger partial charge in [0.15, 0.2) is 0 Å². The van der Waals surface area contributed by atoms with E-state index in [4.69, 9.17) is 9.94 Å². The van der Waals surface area contributed by atoms with Crippen LogP contribution in [0, 0.1) is 11.6 Å². The van der Waals surface area contributed by atoms with Crippen LogP contribution in [0.4, 0.5) is 14.5 Å². The quantitative estimate of drug-likeness (QED) is 0.317. The minimum absolute atomic E-state index is 0.189. The van der Waals surface area contributed by atoms with Gasteiger partial charge in [-0.1, -0.05) is 12.1 Å². The van der Waals surface area contributed by atoms with Gasteiger partial charge in [0.25, 0.3) is 11.8 Å². The minimum atomic E-state index is -0.811. The molecule has 0 bridgehead atoms. The van der Waals surface area contributed by atoms with E-state index in [1.165, 1.54) is 48.0 Å². The summed E-state index contributed by atoms with van der Waals surface area (Å²) in [5, 5.41) is 11.2. The van der Waals surface area contributed by atoms with Gasteiger partial charge in [0, 0.05) is 17.3 Å². The fourth-order valence-electron chi connectivity index (χ4n) is 2.55. The lowest BCUT2D eigenvalue weighted by Gasteiger charge is -2.13. The number of para-hydroxylation sites is 1. The molecule has 0 spiro atoms. The molecule has 0 saturated carbocycles. The second kappa shape index (κ2) is 9.44. The van der Waals surface area contributed by atoms with Crippen molar-refractivity contribution in [2.45, 2.75) is 0 Å². The lowest BCUT2D eigenvalue weighted by atomic mass is 10.1. The average Bonchev–Trinajstić information content (AvgIpc) is 2.75. The van der Waals surface area contributed by atoms with E-state index in [9.17, 15) is 18.4 Å². The zero-order chi connectivity index (χ0) is 21.5. The summed E-state index contributed by atoms with van der Waals surface area (Å²) in [5.41, 5.74) is 2.06. The number of hydrogen-bond acceptors (Lipinski definition) is 4. The van der Waals surface area contributed by atoms with Gasteiger partial charge in [-0.25, -0.2) is 14.3 Å². The van der Waals surface area contributed by atoms with Crippen LogP contribution in [0.15, 0.2) is 72.8 Å². The molecule has 0 aliphatic heterocycles. The Labute approximate surface area is 170 Å². The Bertz CT molecular complexity index is 1100. The fraction of sp³-hybridized carbons (Fsp3) is 0. The number of nitrogens with one attached hydrogen (secondary N) is 2. The highest BCUT2D eigenvalue weighted by Crippen LogP contribution is 2.27. The molecule has 30 heavy (non-hydrogen) atoms. The molecule has 0 atom stereocenters. The van der Waals surface area contributed by atoms with Gasteiger partial charge in [0.2, 0.25) is 0 Å². The van der Waals surface area contributed by atoms with E-state index in [0.717, 1.165) is 18.2 Å². The predicted molar refractivity (Wildman–Crippen MR) is 106 cm³/mol. The number of benzene rings is 3. The molecule has 3 aromatic carbocycles. The van der Waals surface area contributed by atoms with Gasteiger partial charge in [-0.15, -0.1) is 0 Å². The molecule has 0 fully saturated rings. The van der Waals surface area contributed by atoms with Gasteiger partial charge in [-0.3, -0.25) is 14.8 Å². The topological polar surface area (TPSA) is 87.7 Å². The normalized spacial score (nSPS) is 10.6. The van der Waals surface area contributed by atoms with E-state index in [-0.39, 0.29) is 22.6 Å². The molecule has 0 aliphatic rings. The summed E-state index contributed by atoms with van der Waals surface area (Å²) in [7, 11) is 0. The average molecular weight is 410 g/mol. The minimum Gasteiger partial charge on any atom is -0.457 e. The monoisotopic (exact) mass is 410 g/mol. The first-order valence-electron chi connectivity index (χ1n) is 8.72. The highest BCUT2D eigenvalue weighted by Gasteiger charge is 2.15. The van der Waals surface area contributed by atoms with Crippen molar-refractivity contribution in [3.63, 3.8) is 0 Å². The third-order valence-electron chi connectivity index (χ3n) is 3.96. The maximum absolute atomic E-state index is 13.6. The first kappa shape index (κ1) is 20.7. The fourth-order valence-corrected chi connectivity index (χ4v) is 2.55. The predicted octanol–water partition coefficient (Wildman–Crippen LogP) is 4.53. The van der Waals surface area contributed by atoms with Gasteiger partial charge >= 0.3 is 0 Å². The van der Waals surface area contributed by atoms with Crippen LogP contribution in [-0.2, 0) is 4.79 Å². The summed E-state index contributed by atoms with van der Waals surface area (Å²) in [6.07, 6.45) is 2.22. The summed E-state index contributed by atoms with van der Waals surface area (Å²) < 4.78 is 32.4. The van der Waals surface area contributed by atoms with Gasteiger partial charge in [-0.2, -0.15) is 0 Å². The Hall–Kier alpha value is -4.04. The Kier molecular flexibility index (Phi) is 6.51. The lowest BCUT2D eigenvalue weighted by molar-refractivity contribution is -0.124. The molecule has 3 N–H and O–H groups in total. The molecule has 2 amide bonds. The summed E-state index contributed by atoms with van der Waals surface area (Å²) >= 11 is 0. The summed E-state index contributed by atoms with van der Waals surface area (Å²) in [6, 6.07) is 15.4. The Morgan fingerprint density at radius 3 is 2.37 bits per heavy atom. The maximum Gasteiger partial charge on any atom is 0.267 e. The van der Waals surface area contributed by atoms with E-state index in [2.05, 4.69) is 5.32 Å². The molecule has 8 heteroatoms. The number of halogens is 2. The van der Waals surface area contributed by atoms with Crippen LogP contribution in [0.25, 0.3) is 6.08 Å². The molecule has 3 rings (SSSR count). The summed E-state index contributed by atoms with van der Waals surface area (Å²) in [4.78, 5) is 24.0. The number of anilines is 1. The van der Waals surface area contributed by atoms with Gasteiger partial charge in [0.05, 0.1) is 5.56 Å². The van der Waals surface area contributed by atoms with Crippen molar-refractivity contribution in [1.29, 1.82) is 0 Å². The molecule has 0 heterocycles. The Morgan fingerprint density at radius 1 is 0.933 bits per heavy atom. The zero-order valence-electron chi connectivity index (χ0n) is 15.4. The summed E-state index contributed by atoms with van der Waals surface area (Å²) in [6.45, 7) is 0. The molecule has 0 unspecified atom stereocenters. The first-order valence-corrected chi connectivity index (χ1v) is 8.72. The van der Waals surface area contributed by atoms with Crippen molar-refractivity contribution in [2.24, 2.45) is 0 Å². The van der Waals surface area contributed by atoms with Crippen LogP contribution < -0.4 is 15.5 Å². The summed E-state index contributed by atoms with van der Waals surface area (Å²) in [5.74, 6) is -1.76. The standard InChI is InChI=1S/C22H16F2N2O4/c23-15-6-9-17(10-7-15)30-20-4-2-1-3-18(20)22(28)25-19-11-8-16(24)13-14(19)5-12-21(27)26-29/h1-13,29H,(H,25,28)(H,26,27). The second-order valence-electron chi connectivity index (χ2n) is 6.05. The number of amides is 2. The number of hydrogen-bond donors (Lipinski definition) is 3. The van der Waals surface area contributed by atoms with Crippen molar-refractivity contribution in [1.82, 2.24) is 5.48 Å². The number of carbonyl (C=O) groups excluding carboxylic acids is 2. The van der Waals surface area contributed by atoms with Crippen LogP contribution in [-0.4, -0.2) is 17.0 Å². The van der Waals surface area contributed by atoms with Crippen molar-refractivity contribution < 1.29 is 28.3 Å². The highest BCUT2D eigenvalue weighted by molar-refractivity contribution is 6.07. The number of carbonyl (C=O) groups is 2. The van der Waals surface area contributed by atoms with Crippen molar-refractivity contribution >= 4 is 23.6 Å².